The molecular formula is C22H30N2O9P2. The number of ketones is 2. The summed E-state index contributed by atoms with van der Waals surface area (Å²) in [6.07, 6.45) is 1.06. The molecule has 192 valence electrons. The third-order valence-electron chi connectivity index (χ3n) is 5.42. The first-order chi connectivity index (χ1) is 16.3. The molecule has 2 aromatic carbocycles. The summed E-state index contributed by atoms with van der Waals surface area (Å²) in [5, 5.41) is 0. The van der Waals surface area contributed by atoms with Crippen LogP contribution in [-0.2, 0) is 13.4 Å². The van der Waals surface area contributed by atoms with Gasteiger partial charge in [-0.15, -0.1) is 0 Å². The molecule has 0 unspecified atom stereocenters. The van der Waals surface area contributed by atoms with E-state index >= 15 is 0 Å². The summed E-state index contributed by atoms with van der Waals surface area (Å²) < 4.78 is 22.2. The van der Waals surface area contributed by atoms with Crippen molar-refractivity contribution in [3.8, 4) is 0 Å². The lowest BCUT2D eigenvalue weighted by Crippen LogP contribution is -2.28. The Balaban J connectivity index is 0.000000410. The predicted octanol–water partition coefficient (Wildman–Crippen LogP) is 2.82. The normalized spacial score (nSPS) is 13.1. The highest BCUT2D eigenvalue weighted by atomic mass is 31.3. The van der Waals surface area contributed by atoms with Crippen molar-refractivity contribution in [2.75, 3.05) is 38.1 Å². The van der Waals surface area contributed by atoms with Crippen LogP contribution in [0.25, 0.3) is 0 Å². The first-order valence-corrected chi connectivity index (χ1v) is 13.9. The topological polar surface area (TPSA) is 165 Å². The van der Waals surface area contributed by atoms with Crippen molar-refractivity contribution in [1.29, 1.82) is 0 Å². The molecule has 4 N–H and O–H groups in total. The molecule has 0 radical (unpaired) electrons. The average Bonchev–Trinajstić information content (AvgIpc) is 2.78. The quantitative estimate of drug-likeness (QED) is 0.302. The van der Waals surface area contributed by atoms with E-state index in [4.69, 9.17) is 19.6 Å². The lowest BCUT2D eigenvalue weighted by Gasteiger charge is -2.24. The predicted molar refractivity (Wildman–Crippen MR) is 131 cm³/mol. The van der Waals surface area contributed by atoms with Crippen molar-refractivity contribution in [3.63, 3.8) is 0 Å². The number of carbonyl (C=O) groups excluding carboxylic acids is 2. The van der Waals surface area contributed by atoms with Gasteiger partial charge in [-0.05, 0) is 44.3 Å². The molecule has 0 fully saturated rings. The van der Waals surface area contributed by atoms with Gasteiger partial charge in [-0.1, -0.05) is 38.1 Å². The summed E-state index contributed by atoms with van der Waals surface area (Å²) in [6.45, 7) is 8.46. The van der Waals surface area contributed by atoms with Crippen LogP contribution < -0.4 is 4.90 Å². The van der Waals surface area contributed by atoms with E-state index in [-0.39, 0.29) is 11.6 Å². The molecule has 1 aliphatic rings. The zero-order chi connectivity index (χ0) is 26.4. The molecule has 35 heavy (non-hydrogen) atoms. The van der Waals surface area contributed by atoms with Crippen LogP contribution in [0.3, 0.4) is 0 Å². The van der Waals surface area contributed by atoms with Crippen molar-refractivity contribution in [2.45, 2.75) is 20.3 Å². The van der Waals surface area contributed by atoms with Gasteiger partial charge in [-0.25, -0.2) is 9.13 Å². The van der Waals surface area contributed by atoms with Gasteiger partial charge in [0.2, 0.25) is 0 Å². The van der Waals surface area contributed by atoms with E-state index in [2.05, 4.69) is 28.0 Å². The van der Waals surface area contributed by atoms with Crippen molar-refractivity contribution < 1.29 is 42.6 Å². The van der Waals surface area contributed by atoms with Crippen LogP contribution in [0.1, 0.15) is 52.1 Å². The molecule has 11 nitrogen and oxygen atoms in total. The maximum Gasteiger partial charge on any atom is 0.478 e. The Labute approximate surface area is 203 Å². The highest BCUT2D eigenvalue weighted by molar-refractivity contribution is 7.60. The van der Waals surface area contributed by atoms with Crippen molar-refractivity contribution in [2.24, 2.45) is 0 Å². The minimum atomic E-state index is -5.05. The number of hydrogen-bond acceptors (Lipinski definition) is 7. The summed E-state index contributed by atoms with van der Waals surface area (Å²) in [4.78, 5) is 61.1. The second-order valence-electron chi connectivity index (χ2n) is 7.80. The van der Waals surface area contributed by atoms with Gasteiger partial charge >= 0.3 is 15.6 Å². The van der Waals surface area contributed by atoms with Gasteiger partial charge in [-0.3, -0.25) is 9.59 Å². The standard InChI is InChI=1S/C22H26N2O2.H4O7P2/c1-4-24(5-2)14-8-13-23(3)16-11-12-19-20(15-16)22(26)18-10-7-6-9-17(18)21(19)25;1-8(2,3)7-9(4,5)6/h6-7,9-12,15H,4-5,8,13-14H2,1-3H3;(H2,1,2,3)(H2,4,5,6). The zero-order valence-corrected chi connectivity index (χ0v) is 21.5. The summed E-state index contributed by atoms with van der Waals surface area (Å²) in [6, 6.07) is 12.7. The summed E-state index contributed by atoms with van der Waals surface area (Å²) >= 11 is 0. The summed E-state index contributed by atoms with van der Waals surface area (Å²) in [5.41, 5.74) is 3.01. The van der Waals surface area contributed by atoms with Gasteiger partial charge in [0.25, 0.3) is 0 Å². The molecule has 0 spiro atoms. The van der Waals surface area contributed by atoms with Gasteiger partial charge in [0, 0.05) is 41.5 Å². The Morgan fingerprint density at radius 1 is 0.771 bits per heavy atom. The minimum absolute atomic E-state index is 0.0615. The third-order valence-corrected chi connectivity index (χ3v) is 7.13. The molecule has 0 bridgehead atoms. The van der Waals surface area contributed by atoms with E-state index < -0.39 is 15.6 Å². The molecule has 0 saturated carbocycles. The van der Waals surface area contributed by atoms with E-state index in [1.807, 2.05) is 19.2 Å². The number of fused-ring (bicyclic) bond motifs is 2. The largest absolute Gasteiger partial charge is 0.478 e. The van der Waals surface area contributed by atoms with E-state index in [9.17, 15) is 18.7 Å². The number of nitrogens with zero attached hydrogens (tertiary/aromatic N) is 2. The second-order valence-corrected chi connectivity index (χ2v) is 10.4. The van der Waals surface area contributed by atoms with Crippen molar-refractivity contribution in [1.82, 2.24) is 4.90 Å². The molecule has 13 heteroatoms. The first-order valence-electron chi connectivity index (χ1n) is 10.9. The fraction of sp³-hybridized carbons (Fsp3) is 0.364. The lowest BCUT2D eigenvalue weighted by atomic mass is 9.84. The first kappa shape index (κ1) is 29.0. The molecule has 0 aliphatic heterocycles. The average molecular weight is 528 g/mol. The molecule has 0 aromatic heterocycles. The number of anilines is 1. The minimum Gasteiger partial charge on any atom is -0.375 e. The maximum atomic E-state index is 12.8. The Bertz CT molecular complexity index is 1140. The molecule has 2 aromatic rings. The van der Waals surface area contributed by atoms with Crippen LogP contribution in [0, 0.1) is 0 Å². The van der Waals surface area contributed by atoms with Gasteiger partial charge < -0.3 is 29.4 Å². The number of phosphoric acid groups is 2. The number of hydrogen-bond donors (Lipinski definition) is 4. The Morgan fingerprint density at radius 2 is 1.26 bits per heavy atom. The molecule has 0 amide bonds. The van der Waals surface area contributed by atoms with Crippen LogP contribution in [0.2, 0.25) is 0 Å². The third kappa shape index (κ3) is 8.45. The Kier molecular flexibility index (Phi) is 10.1. The molecule has 0 saturated heterocycles. The van der Waals surface area contributed by atoms with E-state index in [0.29, 0.717) is 22.3 Å². The Hall–Kier alpha value is -2.20. The highest BCUT2D eigenvalue weighted by Gasteiger charge is 2.30. The van der Waals surface area contributed by atoms with Crippen molar-refractivity contribution >= 4 is 32.9 Å². The lowest BCUT2D eigenvalue weighted by molar-refractivity contribution is 0.0979. The van der Waals surface area contributed by atoms with Crippen LogP contribution in [0.5, 0.6) is 0 Å². The van der Waals surface area contributed by atoms with Crippen LogP contribution >= 0.6 is 15.6 Å². The fourth-order valence-corrected chi connectivity index (χ4v) is 4.77. The molecule has 0 heterocycles. The van der Waals surface area contributed by atoms with E-state index in [0.717, 1.165) is 38.3 Å². The van der Waals surface area contributed by atoms with Crippen LogP contribution in [-0.4, -0.2) is 69.3 Å². The molecule has 0 atom stereocenters. The zero-order valence-electron chi connectivity index (χ0n) is 19.7. The summed E-state index contributed by atoms with van der Waals surface area (Å²) in [5.74, 6) is -0.125. The van der Waals surface area contributed by atoms with Crippen molar-refractivity contribution in [3.05, 3.63) is 64.7 Å². The van der Waals surface area contributed by atoms with Gasteiger partial charge in [0.15, 0.2) is 11.6 Å². The molecular weight excluding hydrogens is 498 g/mol. The summed E-state index contributed by atoms with van der Waals surface area (Å²) in [7, 11) is -8.07. The van der Waals surface area contributed by atoms with Gasteiger partial charge in [-0.2, -0.15) is 4.31 Å². The van der Waals surface area contributed by atoms with E-state index in [1.54, 1.807) is 30.3 Å². The smallest absolute Gasteiger partial charge is 0.375 e. The monoisotopic (exact) mass is 528 g/mol. The van der Waals surface area contributed by atoms with Gasteiger partial charge in [0.1, 0.15) is 0 Å². The van der Waals surface area contributed by atoms with Crippen LogP contribution in [0.15, 0.2) is 42.5 Å². The Morgan fingerprint density at radius 3 is 1.71 bits per heavy atom. The maximum absolute atomic E-state index is 12.8. The number of benzene rings is 2. The molecule has 1 aliphatic carbocycles. The number of carbonyl (C=O) groups is 2. The van der Waals surface area contributed by atoms with E-state index in [1.165, 1.54) is 0 Å². The van der Waals surface area contributed by atoms with Crippen LogP contribution in [0.4, 0.5) is 5.69 Å². The second kappa shape index (κ2) is 12.2. The number of rotatable bonds is 9. The fourth-order valence-electron chi connectivity index (χ4n) is 3.66. The SMILES string of the molecule is CCN(CC)CCCN(C)c1ccc2c(c1)C(=O)c1ccccc1C2=O.O=P(O)(O)OP(=O)(O)O. The molecule has 3 rings (SSSR count). The van der Waals surface area contributed by atoms with Gasteiger partial charge in [0.05, 0.1) is 0 Å². The highest BCUT2D eigenvalue weighted by Crippen LogP contribution is 2.53.